The summed E-state index contributed by atoms with van der Waals surface area (Å²) in [4.78, 5) is 8.42. The van der Waals surface area contributed by atoms with Crippen LogP contribution in [0.4, 0.5) is 0 Å². The van der Waals surface area contributed by atoms with Gasteiger partial charge in [-0.3, -0.25) is 4.98 Å². The van der Waals surface area contributed by atoms with Crippen molar-refractivity contribution in [1.82, 2.24) is 9.97 Å². The lowest BCUT2D eigenvalue weighted by atomic mass is 10.4. The van der Waals surface area contributed by atoms with Gasteiger partial charge in [0.2, 0.25) is 0 Å². The first-order valence-corrected chi connectivity index (χ1v) is 7.17. The SMILES string of the molecule is CC(Oc1cncc(Br)c1)c1nc(CCl)cs1. The Balaban J connectivity index is 2.08. The first kappa shape index (κ1) is 12.8. The Hall–Kier alpha value is -0.650. The zero-order chi connectivity index (χ0) is 12.3. The number of nitrogens with zero attached hydrogens (tertiary/aromatic N) is 2. The number of halogens is 2. The van der Waals surface area contributed by atoms with E-state index in [0.717, 1.165) is 20.9 Å². The normalized spacial score (nSPS) is 12.4. The van der Waals surface area contributed by atoms with E-state index in [2.05, 4.69) is 25.9 Å². The summed E-state index contributed by atoms with van der Waals surface area (Å²) in [6.07, 6.45) is 3.29. The van der Waals surface area contributed by atoms with Crippen molar-refractivity contribution in [1.29, 1.82) is 0 Å². The average molecular weight is 334 g/mol. The Morgan fingerprint density at radius 1 is 1.53 bits per heavy atom. The van der Waals surface area contributed by atoms with Crippen molar-refractivity contribution in [2.45, 2.75) is 18.9 Å². The molecule has 1 atom stereocenters. The van der Waals surface area contributed by atoms with Crippen molar-refractivity contribution in [3.63, 3.8) is 0 Å². The van der Waals surface area contributed by atoms with E-state index in [1.165, 1.54) is 0 Å². The second kappa shape index (κ2) is 5.80. The molecule has 6 heteroatoms. The lowest BCUT2D eigenvalue weighted by Gasteiger charge is -2.11. The third kappa shape index (κ3) is 3.40. The van der Waals surface area contributed by atoms with E-state index in [1.54, 1.807) is 23.7 Å². The number of aromatic nitrogens is 2. The zero-order valence-corrected chi connectivity index (χ0v) is 12.2. The van der Waals surface area contributed by atoms with Gasteiger partial charge in [-0.2, -0.15) is 0 Å². The molecule has 0 fully saturated rings. The summed E-state index contributed by atoms with van der Waals surface area (Å²) >= 11 is 10.6. The van der Waals surface area contributed by atoms with E-state index >= 15 is 0 Å². The maximum Gasteiger partial charge on any atom is 0.147 e. The van der Waals surface area contributed by atoms with Crippen LogP contribution in [0.5, 0.6) is 5.75 Å². The van der Waals surface area contributed by atoms with E-state index < -0.39 is 0 Å². The molecule has 2 aromatic rings. The van der Waals surface area contributed by atoms with Gasteiger partial charge in [-0.25, -0.2) is 4.98 Å². The number of alkyl halides is 1. The van der Waals surface area contributed by atoms with Gasteiger partial charge in [-0.15, -0.1) is 22.9 Å². The summed E-state index contributed by atoms with van der Waals surface area (Å²) in [5.74, 6) is 1.15. The van der Waals surface area contributed by atoms with Crippen LogP contribution in [0.2, 0.25) is 0 Å². The van der Waals surface area contributed by atoms with Gasteiger partial charge in [0.25, 0.3) is 0 Å². The first-order chi connectivity index (χ1) is 8.19. The molecule has 3 nitrogen and oxygen atoms in total. The number of hydrogen-bond donors (Lipinski definition) is 0. The van der Waals surface area contributed by atoms with Gasteiger partial charge in [0.15, 0.2) is 0 Å². The van der Waals surface area contributed by atoms with Crippen molar-refractivity contribution in [3.05, 3.63) is 39.0 Å². The fourth-order valence-corrected chi connectivity index (χ4v) is 2.66. The fourth-order valence-electron chi connectivity index (χ4n) is 1.28. The monoisotopic (exact) mass is 332 g/mol. The van der Waals surface area contributed by atoms with Crippen LogP contribution in [0.3, 0.4) is 0 Å². The summed E-state index contributed by atoms with van der Waals surface area (Å²) in [7, 11) is 0. The van der Waals surface area contributed by atoms with Gasteiger partial charge in [-0.05, 0) is 28.9 Å². The average Bonchev–Trinajstić information content (AvgIpc) is 2.77. The quantitative estimate of drug-likeness (QED) is 0.787. The molecule has 0 saturated heterocycles. The standard InChI is InChI=1S/C11H10BrClN2OS/c1-7(11-15-9(3-13)6-17-11)16-10-2-8(12)4-14-5-10/h2,4-7H,3H2,1H3. The summed E-state index contributed by atoms with van der Waals surface area (Å²) in [5.41, 5.74) is 0.884. The van der Waals surface area contributed by atoms with Crippen molar-refractivity contribution < 1.29 is 4.74 Å². The number of pyridine rings is 1. The number of rotatable bonds is 4. The Kier molecular flexibility index (Phi) is 4.36. The van der Waals surface area contributed by atoms with Crippen LogP contribution >= 0.6 is 38.9 Å². The highest BCUT2D eigenvalue weighted by molar-refractivity contribution is 9.10. The Morgan fingerprint density at radius 3 is 3.00 bits per heavy atom. The summed E-state index contributed by atoms with van der Waals surface area (Å²) < 4.78 is 6.64. The second-order valence-electron chi connectivity index (χ2n) is 3.41. The third-order valence-corrected chi connectivity index (χ3v) is 3.81. The van der Waals surface area contributed by atoms with Crippen molar-refractivity contribution in [2.75, 3.05) is 0 Å². The highest BCUT2D eigenvalue weighted by Gasteiger charge is 2.12. The molecule has 0 aliphatic heterocycles. The van der Waals surface area contributed by atoms with Gasteiger partial charge < -0.3 is 4.74 Å². The molecule has 0 aliphatic rings. The van der Waals surface area contributed by atoms with E-state index in [1.807, 2.05) is 18.4 Å². The van der Waals surface area contributed by atoms with Crippen LogP contribution in [0.25, 0.3) is 0 Å². The lowest BCUT2D eigenvalue weighted by molar-refractivity contribution is 0.225. The zero-order valence-electron chi connectivity index (χ0n) is 9.06. The molecule has 17 heavy (non-hydrogen) atoms. The predicted molar refractivity (Wildman–Crippen MR) is 72.7 cm³/mol. The van der Waals surface area contributed by atoms with Gasteiger partial charge >= 0.3 is 0 Å². The lowest BCUT2D eigenvalue weighted by Crippen LogP contribution is -2.03. The maximum atomic E-state index is 5.75. The minimum absolute atomic E-state index is 0.104. The van der Waals surface area contributed by atoms with E-state index in [0.29, 0.717) is 5.88 Å². The molecule has 0 radical (unpaired) electrons. The van der Waals surface area contributed by atoms with E-state index in [4.69, 9.17) is 16.3 Å². The van der Waals surface area contributed by atoms with Gasteiger partial charge in [-0.1, -0.05) is 0 Å². The van der Waals surface area contributed by atoms with Crippen LogP contribution < -0.4 is 4.74 Å². The van der Waals surface area contributed by atoms with Gasteiger partial charge in [0.1, 0.15) is 16.9 Å². The first-order valence-electron chi connectivity index (χ1n) is 4.96. The molecule has 90 valence electrons. The number of hydrogen-bond acceptors (Lipinski definition) is 4. The third-order valence-electron chi connectivity index (χ3n) is 2.05. The van der Waals surface area contributed by atoms with Crippen LogP contribution in [0, 0.1) is 0 Å². The number of thiazole rings is 1. The molecule has 0 saturated carbocycles. The summed E-state index contributed by atoms with van der Waals surface area (Å²) in [5, 5.41) is 2.86. The maximum absolute atomic E-state index is 5.75. The minimum atomic E-state index is -0.104. The molecular weight excluding hydrogens is 324 g/mol. The molecule has 0 amide bonds. The van der Waals surface area contributed by atoms with Crippen LogP contribution in [0.1, 0.15) is 23.7 Å². The van der Waals surface area contributed by atoms with Crippen molar-refractivity contribution in [2.24, 2.45) is 0 Å². The molecular formula is C11H10BrClN2OS. The molecule has 2 rings (SSSR count). The van der Waals surface area contributed by atoms with E-state index in [-0.39, 0.29) is 6.10 Å². The van der Waals surface area contributed by atoms with Crippen LogP contribution in [-0.2, 0) is 5.88 Å². The molecule has 2 aromatic heterocycles. The molecule has 0 aromatic carbocycles. The highest BCUT2D eigenvalue weighted by Crippen LogP contribution is 2.25. The molecule has 1 unspecified atom stereocenters. The molecule has 0 aliphatic carbocycles. The van der Waals surface area contributed by atoms with Gasteiger partial charge in [0, 0.05) is 16.0 Å². The Bertz CT molecular complexity index is 506. The molecule has 0 spiro atoms. The fraction of sp³-hybridized carbons (Fsp3) is 0.273. The molecule has 0 N–H and O–H groups in total. The number of ether oxygens (including phenoxy) is 1. The second-order valence-corrected chi connectivity index (χ2v) is 5.48. The van der Waals surface area contributed by atoms with Gasteiger partial charge in [0.05, 0.1) is 17.8 Å². The highest BCUT2D eigenvalue weighted by atomic mass is 79.9. The molecule has 0 bridgehead atoms. The Morgan fingerprint density at radius 2 is 2.35 bits per heavy atom. The summed E-state index contributed by atoms with van der Waals surface area (Å²) in [6.45, 7) is 1.96. The minimum Gasteiger partial charge on any atom is -0.482 e. The van der Waals surface area contributed by atoms with Crippen LogP contribution in [0.15, 0.2) is 28.3 Å². The Labute approximate surface area is 117 Å². The van der Waals surface area contributed by atoms with Crippen molar-refractivity contribution in [3.8, 4) is 5.75 Å². The topological polar surface area (TPSA) is 35.0 Å². The van der Waals surface area contributed by atoms with E-state index in [9.17, 15) is 0 Å². The predicted octanol–water partition coefficient (Wildman–Crippen LogP) is 4.18. The largest absolute Gasteiger partial charge is 0.482 e. The molecule has 2 heterocycles. The summed E-state index contributed by atoms with van der Waals surface area (Å²) in [6, 6.07) is 1.87. The van der Waals surface area contributed by atoms with Crippen LogP contribution in [-0.4, -0.2) is 9.97 Å². The smallest absolute Gasteiger partial charge is 0.147 e. The van der Waals surface area contributed by atoms with Crippen molar-refractivity contribution >= 4 is 38.9 Å².